The van der Waals surface area contributed by atoms with Gasteiger partial charge in [0, 0.05) is 10.4 Å². The van der Waals surface area contributed by atoms with Gasteiger partial charge in [0.15, 0.2) is 5.76 Å². The van der Waals surface area contributed by atoms with Gasteiger partial charge in [-0.05, 0) is 55.0 Å². The third-order valence-corrected chi connectivity index (χ3v) is 6.04. The first-order valence-corrected chi connectivity index (χ1v) is 10.8. The summed E-state index contributed by atoms with van der Waals surface area (Å²) in [4.78, 5) is 28.1. The minimum Gasteiger partial charge on any atom is -0.486 e. The molecule has 3 N–H and O–H groups in total. The zero-order valence-corrected chi connectivity index (χ0v) is 18.9. The Kier molecular flexibility index (Phi) is 6.24. The monoisotopic (exact) mass is 509 g/mol. The molecule has 0 saturated carbocycles. The van der Waals surface area contributed by atoms with E-state index >= 15 is 0 Å². The number of nitrogens with one attached hydrogen (secondary N) is 1. The molecule has 0 aliphatic carbocycles. The number of halogens is 4. The standard InChI is InChI=1S/C22H15ClF3N3O4S/c1-10-8-15(22(24,25)26)28-21-16(10)17(18(34-21)19(27)30)29-20(31)14-7-6-13(33-14)9-32-12-4-2-11(23)3-5-12/h2-8H,9H2,1H3,(H2,27,30)(H,29,31). The van der Waals surface area contributed by atoms with Crippen LogP contribution in [0.2, 0.25) is 5.02 Å². The number of nitrogens with two attached hydrogens (primary N) is 1. The van der Waals surface area contributed by atoms with Crippen molar-refractivity contribution in [2.75, 3.05) is 5.32 Å². The third kappa shape index (κ3) is 4.85. The SMILES string of the molecule is Cc1cc(C(F)(F)F)nc2sc(C(N)=O)c(NC(=O)c3ccc(COc4ccc(Cl)cc4)o3)c12. The number of furan rings is 1. The highest BCUT2D eigenvalue weighted by atomic mass is 35.5. The highest BCUT2D eigenvalue weighted by Gasteiger charge is 2.34. The van der Waals surface area contributed by atoms with Crippen molar-refractivity contribution in [1.82, 2.24) is 4.98 Å². The number of pyridine rings is 1. The van der Waals surface area contributed by atoms with E-state index in [-0.39, 0.29) is 38.7 Å². The Balaban J connectivity index is 1.58. The Morgan fingerprint density at radius 2 is 1.91 bits per heavy atom. The first-order valence-electron chi connectivity index (χ1n) is 9.62. The molecule has 4 aromatic rings. The molecule has 0 aliphatic rings. The van der Waals surface area contributed by atoms with Gasteiger partial charge in [0.2, 0.25) is 0 Å². The number of fused-ring (bicyclic) bond motifs is 1. The zero-order valence-electron chi connectivity index (χ0n) is 17.3. The zero-order chi connectivity index (χ0) is 24.6. The molecule has 0 unspecified atom stereocenters. The van der Waals surface area contributed by atoms with Gasteiger partial charge in [-0.3, -0.25) is 9.59 Å². The van der Waals surface area contributed by atoms with Crippen LogP contribution in [0.15, 0.2) is 46.9 Å². The number of aromatic nitrogens is 1. The average molecular weight is 510 g/mol. The Bertz CT molecular complexity index is 1400. The Morgan fingerprint density at radius 3 is 2.56 bits per heavy atom. The molecule has 0 atom stereocenters. The number of anilines is 1. The van der Waals surface area contributed by atoms with Crippen LogP contribution in [0, 0.1) is 6.92 Å². The molecule has 0 fully saturated rings. The highest BCUT2D eigenvalue weighted by molar-refractivity contribution is 7.21. The number of aryl methyl sites for hydroxylation is 1. The summed E-state index contributed by atoms with van der Waals surface area (Å²) in [6, 6.07) is 10.4. The maximum atomic E-state index is 13.1. The number of alkyl halides is 3. The van der Waals surface area contributed by atoms with E-state index in [0.717, 1.165) is 6.07 Å². The van der Waals surface area contributed by atoms with Gasteiger partial charge >= 0.3 is 6.18 Å². The lowest BCUT2D eigenvalue weighted by Crippen LogP contribution is -2.16. The van der Waals surface area contributed by atoms with E-state index in [2.05, 4.69) is 10.3 Å². The normalized spacial score (nSPS) is 11.6. The lowest BCUT2D eigenvalue weighted by atomic mass is 10.1. The number of primary amides is 1. The molecule has 0 saturated heterocycles. The summed E-state index contributed by atoms with van der Waals surface area (Å²) >= 11 is 6.49. The molecular weight excluding hydrogens is 495 g/mol. The molecule has 2 amide bonds. The smallest absolute Gasteiger partial charge is 0.433 e. The van der Waals surface area contributed by atoms with Crippen molar-refractivity contribution in [2.24, 2.45) is 5.73 Å². The maximum absolute atomic E-state index is 13.1. The molecule has 12 heteroatoms. The summed E-state index contributed by atoms with van der Waals surface area (Å²) in [5.41, 5.74) is 4.44. The van der Waals surface area contributed by atoms with E-state index < -0.39 is 23.7 Å². The molecule has 0 aliphatic heterocycles. The summed E-state index contributed by atoms with van der Waals surface area (Å²) in [5.74, 6) is -0.842. The Hall–Kier alpha value is -3.57. The van der Waals surface area contributed by atoms with E-state index in [1.165, 1.54) is 19.1 Å². The van der Waals surface area contributed by atoms with E-state index in [1.807, 2.05) is 0 Å². The van der Waals surface area contributed by atoms with Crippen LogP contribution in [0.3, 0.4) is 0 Å². The minimum atomic E-state index is -4.67. The number of carbonyl (C=O) groups excluding carboxylic acids is 2. The van der Waals surface area contributed by atoms with Gasteiger partial charge in [0.05, 0.1) is 5.69 Å². The van der Waals surface area contributed by atoms with Crippen LogP contribution in [-0.2, 0) is 12.8 Å². The van der Waals surface area contributed by atoms with Gasteiger partial charge in [0.25, 0.3) is 11.8 Å². The lowest BCUT2D eigenvalue weighted by Gasteiger charge is -2.09. The molecular formula is C22H15ClF3N3O4S. The second-order valence-corrected chi connectivity index (χ2v) is 8.57. The third-order valence-electron chi connectivity index (χ3n) is 4.69. The number of rotatable bonds is 6. The van der Waals surface area contributed by atoms with Crippen molar-refractivity contribution in [2.45, 2.75) is 19.7 Å². The molecule has 176 valence electrons. The van der Waals surface area contributed by atoms with Crippen molar-refractivity contribution >= 4 is 50.7 Å². The van der Waals surface area contributed by atoms with Gasteiger partial charge in [0.1, 0.15) is 33.5 Å². The summed E-state index contributed by atoms with van der Waals surface area (Å²) in [5, 5.41) is 3.27. The summed E-state index contributed by atoms with van der Waals surface area (Å²) < 4.78 is 50.5. The number of nitrogens with zero attached hydrogens (tertiary/aromatic N) is 1. The predicted octanol–water partition coefficient (Wildman–Crippen LogP) is 5.80. The number of amides is 2. The highest BCUT2D eigenvalue weighted by Crippen LogP contribution is 2.40. The van der Waals surface area contributed by atoms with Gasteiger partial charge in [-0.2, -0.15) is 13.2 Å². The molecule has 34 heavy (non-hydrogen) atoms. The predicted molar refractivity (Wildman–Crippen MR) is 120 cm³/mol. The van der Waals surface area contributed by atoms with Gasteiger partial charge in [-0.1, -0.05) is 11.6 Å². The largest absolute Gasteiger partial charge is 0.486 e. The van der Waals surface area contributed by atoms with Crippen LogP contribution >= 0.6 is 22.9 Å². The number of carbonyl (C=O) groups is 2. The van der Waals surface area contributed by atoms with Crippen molar-refractivity contribution in [3.05, 3.63) is 75.1 Å². The summed E-state index contributed by atoms with van der Waals surface area (Å²) in [7, 11) is 0. The second-order valence-electron chi connectivity index (χ2n) is 7.14. The first kappa shape index (κ1) is 23.6. The van der Waals surface area contributed by atoms with Gasteiger partial charge < -0.3 is 20.2 Å². The maximum Gasteiger partial charge on any atom is 0.433 e. The van der Waals surface area contributed by atoms with Crippen LogP contribution in [0.1, 0.15) is 37.2 Å². The number of thiophene rings is 1. The van der Waals surface area contributed by atoms with Gasteiger partial charge in [-0.25, -0.2) is 4.98 Å². The molecule has 4 rings (SSSR count). The Morgan fingerprint density at radius 1 is 1.21 bits per heavy atom. The van der Waals surface area contributed by atoms with E-state index in [9.17, 15) is 22.8 Å². The quantitative estimate of drug-likeness (QED) is 0.341. The number of hydrogen-bond acceptors (Lipinski definition) is 6. The van der Waals surface area contributed by atoms with E-state index in [1.54, 1.807) is 24.3 Å². The van der Waals surface area contributed by atoms with Crippen molar-refractivity contribution < 1.29 is 31.9 Å². The fraction of sp³-hybridized carbons (Fsp3) is 0.136. The molecule has 0 spiro atoms. The topological polar surface area (TPSA) is 107 Å². The van der Waals surface area contributed by atoms with E-state index in [4.69, 9.17) is 26.5 Å². The number of hydrogen-bond donors (Lipinski definition) is 2. The molecule has 1 aromatic carbocycles. The fourth-order valence-electron chi connectivity index (χ4n) is 3.16. The van der Waals surface area contributed by atoms with Crippen LogP contribution < -0.4 is 15.8 Å². The fourth-order valence-corrected chi connectivity index (χ4v) is 4.34. The average Bonchev–Trinajstić information content (AvgIpc) is 3.38. The molecule has 7 nitrogen and oxygen atoms in total. The van der Waals surface area contributed by atoms with Gasteiger partial charge in [-0.15, -0.1) is 11.3 Å². The Labute approximate surface area is 199 Å². The van der Waals surface area contributed by atoms with Crippen LogP contribution in [0.4, 0.5) is 18.9 Å². The lowest BCUT2D eigenvalue weighted by molar-refractivity contribution is -0.141. The second kappa shape index (κ2) is 8.99. The first-order chi connectivity index (χ1) is 16.0. The van der Waals surface area contributed by atoms with Crippen molar-refractivity contribution in [3.63, 3.8) is 0 Å². The number of ether oxygens (including phenoxy) is 1. The molecule has 3 aromatic heterocycles. The number of benzene rings is 1. The van der Waals surface area contributed by atoms with E-state index in [0.29, 0.717) is 27.9 Å². The molecule has 0 bridgehead atoms. The molecule has 0 radical (unpaired) electrons. The van der Waals surface area contributed by atoms with Crippen LogP contribution in [0.25, 0.3) is 10.2 Å². The van der Waals surface area contributed by atoms with Crippen LogP contribution in [0.5, 0.6) is 5.75 Å². The molecule has 3 heterocycles. The summed E-state index contributed by atoms with van der Waals surface area (Å²) in [6.45, 7) is 1.46. The van der Waals surface area contributed by atoms with Crippen molar-refractivity contribution in [3.8, 4) is 5.75 Å². The van der Waals surface area contributed by atoms with Crippen molar-refractivity contribution in [1.29, 1.82) is 0 Å². The van der Waals surface area contributed by atoms with Crippen LogP contribution in [-0.4, -0.2) is 16.8 Å². The minimum absolute atomic E-state index is 0.0217. The summed E-state index contributed by atoms with van der Waals surface area (Å²) in [6.07, 6.45) is -4.67.